The van der Waals surface area contributed by atoms with Crippen LogP contribution in [0.4, 0.5) is 14.5 Å². The van der Waals surface area contributed by atoms with Crippen molar-refractivity contribution in [1.82, 2.24) is 10.6 Å². The minimum Gasteiger partial charge on any atom is -0.367 e. The molecule has 0 radical (unpaired) electrons. The molecular formula is C25H23F2N3O3. The van der Waals surface area contributed by atoms with Gasteiger partial charge in [-0.25, -0.2) is 8.78 Å². The van der Waals surface area contributed by atoms with Gasteiger partial charge in [-0.05, 0) is 37.0 Å². The summed E-state index contributed by atoms with van der Waals surface area (Å²) in [5.41, 5.74) is 1.02. The maximum absolute atomic E-state index is 14.8. The monoisotopic (exact) mass is 451 g/mol. The molecule has 2 aromatic rings. The minimum atomic E-state index is -1.01. The average Bonchev–Trinajstić information content (AvgIpc) is 3.60. The maximum atomic E-state index is 14.8. The molecule has 0 bridgehead atoms. The van der Waals surface area contributed by atoms with Crippen LogP contribution in [0.15, 0.2) is 42.5 Å². The zero-order valence-corrected chi connectivity index (χ0v) is 17.9. The largest absolute Gasteiger partial charge is 0.367 e. The number of imide groups is 1. The summed E-state index contributed by atoms with van der Waals surface area (Å²) in [4.78, 5) is 38.0. The van der Waals surface area contributed by atoms with Gasteiger partial charge >= 0.3 is 0 Å². The number of amides is 3. The molecule has 2 N–H and O–H groups in total. The van der Waals surface area contributed by atoms with Crippen LogP contribution >= 0.6 is 0 Å². The van der Waals surface area contributed by atoms with Gasteiger partial charge < -0.3 is 10.2 Å². The third-order valence-corrected chi connectivity index (χ3v) is 7.87. The molecule has 2 saturated carbocycles. The first-order valence-corrected chi connectivity index (χ1v) is 11.3. The molecule has 2 aliphatic carbocycles. The molecule has 1 atom stereocenters. The van der Waals surface area contributed by atoms with Crippen molar-refractivity contribution in [3.8, 4) is 0 Å². The van der Waals surface area contributed by atoms with E-state index in [1.54, 1.807) is 4.90 Å². The van der Waals surface area contributed by atoms with Crippen LogP contribution in [0.5, 0.6) is 0 Å². The van der Waals surface area contributed by atoms with E-state index in [-0.39, 0.29) is 41.2 Å². The summed E-state index contributed by atoms with van der Waals surface area (Å²) in [5.74, 6) is -3.64. The zero-order valence-electron chi connectivity index (χ0n) is 17.9. The van der Waals surface area contributed by atoms with Gasteiger partial charge in [0, 0.05) is 36.2 Å². The molecule has 4 aliphatic rings. The van der Waals surface area contributed by atoms with E-state index in [1.165, 1.54) is 17.7 Å². The molecular weight excluding hydrogens is 428 g/mol. The number of carbonyl (C=O) groups excluding carboxylic acids is 3. The first kappa shape index (κ1) is 20.3. The number of benzene rings is 2. The summed E-state index contributed by atoms with van der Waals surface area (Å²) in [6.45, 7) is 0.938. The van der Waals surface area contributed by atoms with Gasteiger partial charge in [-0.3, -0.25) is 19.7 Å². The van der Waals surface area contributed by atoms with Crippen LogP contribution in [-0.4, -0.2) is 36.9 Å². The smallest absolute Gasteiger partial charge is 0.234 e. The molecule has 1 unspecified atom stereocenters. The Morgan fingerprint density at radius 1 is 1.06 bits per heavy atom. The standard InChI is InChI=1S/C25H23F2N3O3/c26-18-8-16(9-19(27)21(18)17-6-7-20(31)29-22(17)32)30-10-15(11-30)28-23(33)25-12-24(25,13-25)14-4-2-1-3-5-14/h1-5,8-9,15,17H,6-7,10-13H2,(H,28,33)(H,29,31,32). The predicted octanol–water partition coefficient (Wildman–Crippen LogP) is 2.52. The molecule has 6 nitrogen and oxygen atoms in total. The van der Waals surface area contributed by atoms with E-state index in [4.69, 9.17) is 0 Å². The van der Waals surface area contributed by atoms with Gasteiger partial charge in [0.1, 0.15) is 11.6 Å². The van der Waals surface area contributed by atoms with Crippen molar-refractivity contribution in [3.05, 3.63) is 65.2 Å². The third kappa shape index (κ3) is 2.99. The van der Waals surface area contributed by atoms with E-state index >= 15 is 0 Å². The molecule has 0 spiro atoms. The maximum Gasteiger partial charge on any atom is 0.234 e. The van der Waals surface area contributed by atoms with Crippen LogP contribution in [-0.2, 0) is 19.8 Å². The molecule has 2 heterocycles. The SMILES string of the molecule is O=C1CCC(c2c(F)cc(N3CC(NC(=O)C45CC4(c4ccccc4)C5)C3)cc2F)C(=O)N1. The molecule has 33 heavy (non-hydrogen) atoms. The van der Waals surface area contributed by atoms with E-state index in [1.807, 2.05) is 18.2 Å². The molecule has 2 aliphatic heterocycles. The first-order chi connectivity index (χ1) is 15.8. The normalized spacial score (nSPS) is 30.2. The molecule has 8 heteroatoms. The van der Waals surface area contributed by atoms with Gasteiger partial charge in [-0.1, -0.05) is 30.3 Å². The molecule has 6 rings (SSSR count). The number of hydrogen-bond donors (Lipinski definition) is 2. The Kier molecular flexibility index (Phi) is 4.22. The number of hydrogen-bond acceptors (Lipinski definition) is 4. The second-order valence-electron chi connectivity index (χ2n) is 9.79. The van der Waals surface area contributed by atoms with Crippen LogP contribution < -0.4 is 15.5 Å². The molecule has 2 aromatic carbocycles. The Bertz CT molecular complexity index is 1160. The second kappa shape index (κ2) is 6.85. The number of nitrogens with one attached hydrogen (secondary N) is 2. The van der Waals surface area contributed by atoms with E-state index < -0.39 is 29.4 Å². The van der Waals surface area contributed by atoms with Gasteiger partial charge in [0.05, 0.1) is 17.4 Å². The van der Waals surface area contributed by atoms with Crippen LogP contribution in [0.1, 0.15) is 42.7 Å². The highest BCUT2D eigenvalue weighted by Gasteiger charge is 2.87. The van der Waals surface area contributed by atoms with Crippen molar-refractivity contribution in [2.24, 2.45) is 5.41 Å². The summed E-state index contributed by atoms with van der Waals surface area (Å²) in [7, 11) is 0. The molecule has 2 saturated heterocycles. The third-order valence-electron chi connectivity index (χ3n) is 7.87. The van der Waals surface area contributed by atoms with Crippen molar-refractivity contribution in [3.63, 3.8) is 0 Å². The van der Waals surface area contributed by atoms with Gasteiger partial charge in [0.2, 0.25) is 17.7 Å². The van der Waals surface area contributed by atoms with Crippen LogP contribution in [0, 0.1) is 17.0 Å². The summed E-state index contributed by atoms with van der Waals surface area (Å²) in [5, 5.41) is 5.24. The quantitative estimate of drug-likeness (QED) is 0.685. The van der Waals surface area contributed by atoms with Crippen molar-refractivity contribution in [2.75, 3.05) is 18.0 Å². The van der Waals surface area contributed by atoms with Crippen molar-refractivity contribution in [1.29, 1.82) is 0 Å². The highest BCUT2D eigenvalue weighted by atomic mass is 19.1. The Morgan fingerprint density at radius 3 is 2.36 bits per heavy atom. The van der Waals surface area contributed by atoms with Gasteiger partial charge in [-0.2, -0.15) is 0 Å². The van der Waals surface area contributed by atoms with Crippen molar-refractivity contribution in [2.45, 2.75) is 43.1 Å². The fourth-order valence-electron chi connectivity index (χ4n) is 5.67. The Labute approximate surface area is 189 Å². The van der Waals surface area contributed by atoms with Crippen molar-refractivity contribution < 1.29 is 23.2 Å². The summed E-state index contributed by atoms with van der Waals surface area (Å²) in [6, 6.07) is 12.5. The van der Waals surface area contributed by atoms with E-state index in [0.29, 0.717) is 18.8 Å². The number of fused-ring (bicyclic) bond motifs is 1. The highest BCUT2D eigenvalue weighted by molar-refractivity contribution is 6.01. The van der Waals surface area contributed by atoms with Gasteiger partial charge in [0.15, 0.2) is 0 Å². The number of nitrogens with zero attached hydrogens (tertiary/aromatic N) is 1. The highest BCUT2D eigenvalue weighted by Crippen LogP contribution is 2.85. The van der Waals surface area contributed by atoms with Gasteiger partial charge in [0.25, 0.3) is 0 Å². The lowest BCUT2D eigenvalue weighted by Gasteiger charge is -2.41. The minimum absolute atomic E-state index is 0.000110. The van der Waals surface area contributed by atoms with Crippen LogP contribution in [0.3, 0.4) is 0 Å². The lowest BCUT2D eigenvalue weighted by Crippen LogP contribution is -2.60. The molecule has 4 fully saturated rings. The number of carbonyl (C=O) groups is 3. The van der Waals surface area contributed by atoms with E-state index in [2.05, 4.69) is 22.8 Å². The number of piperidine rings is 1. The zero-order chi connectivity index (χ0) is 23.0. The fourth-order valence-corrected chi connectivity index (χ4v) is 5.67. The topological polar surface area (TPSA) is 78.5 Å². The summed E-state index contributed by atoms with van der Waals surface area (Å²) < 4.78 is 29.5. The van der Waals surface area contributed by atoms with Gasteiger partial charge in [-0.15, -0.1) is 0 Å². The van der Waals surface area contributed by atoms with E-state index in [0.717, 1.165) is 12.8 Å². The molecule has 0 aromatic heterocycles. The number of anilines is 1. The Balaban J connectivity index is 1.08. The van der Waals surface area contributed by atoms with Crippen LogP contribution in [0.2, 0.25) is 0 Å². The fraction of sp³-hybridized carbons (Fsp3) is 0.400. The summed E-state index contributed by atoms with van der Waals surface area (Å²) in [6.07, 6.45) is 1.90. The second-order valence-corrected chi connectivity index (χ2v) is 9.79. The number of rotatable bonds is 5. The van der Waals surface area contributed by atoms with E-state index in [9.17, 15) is 23.2 Å². The first-order valence-electron chi connectivity index (χ1n) is 11.3. The average molecular weight is 451 g/mol. The molecule has 170 valence electrons. The predicted molar refractivity (Wildman–Crippen MR) is 115 cm³/mol. The number of halogens is 2. The van der Waals surface area contributed by atoms with Crippen LogP contribution in [0.25, 0.3) is 0 Å². The Hall–Kier alpha value is -3.29. The lowest BCUT2D eigenvalue weighted by atomic mass is 9.89. The Morgan fingerprint density at radius 2 is 1.73 bits per heavy atom. The molecule has 3 amide bonds. The van der Waals surface area contributed by atoms with Crippen molar-refractivity contribution >= 4 is 23.4 Å². The summed E-state index contributed by atoms with van der Waals surface area (Å²) >= 11 is 0. The lowest BCUT2D eigenvalue weighted by molar-refractivity contribution is -0.134.